The first-order valence-corrected chi connectivity index (χ1v) is 16.8. The Balaban J connectivity index is 1.85. The first-order valence-electron chi connectivity index (χ1n) is 14.6. The van der Waals surface area contributed by atoms with Gasteiger partial charge in [-0.3, -0.25) is 14.8 Å². The van der Waals surface area contributed by atoms with Crippen molar-refractivity contribution in [1.29, 1.82) is 5.26 Å². The molecule has 19 heteroatoms. The van der Waals surface area contributed by atoms with Gasteiger partial charge in [0.05, 0.1) is 16.8 Å². The molecule has 0 bridgehead atoms. The molecule has 1 N–H and O–H groups in total. The van der Waals surface area contributed by atoms with Crippen molar-refractivity contribution in [2.75, 3.05) is 0 Å². The van der Waals surface area contributed by atoms with Crippen molar-refractivity contribution in [3.8, 4) is 35.0 Å². The lowest BCUT2D eigenvalue weighted by Gasteiger charge is -2.67. The summed E-state index contributed by atoms with van der Waals surface area (Å²) in [6, 6.07) is 14.7. The smallest absolute Gasteiger partial charge is 0.286 e. The van der Waals surface area contributed by atoms with Crippen molar-refractivity contribution in [2.24, 2.45) is 0 Å². The van der Waals surface area contributed by atoms with Gasteiger partial charge in [-0.2, -0.15) is 5.26 Å². The SMILES string of the molecule is BC1(B)N(NC(=O)c2nc(-c3ccc(Cl)cc3Cl)n(-c3ccc(C#CCCC#N)cc3)c2C)C(B)(B)C(B)(B)S(=O)(=O)C1(B)B. The van der Waals surface area contributed by atoms with Crippen LogP contribution in [0.25, 0.3) is 17.1 Å². The fourth-order valence-corrected chi connectivity index (χ4v) is 9.09. The topological polar surface area (TPSA) is 108 Å². The van der Waals surface area contributed by atoms with Crippen molar-refractivity contribution < 1.29 is 13.2 Å². The Morgan fingerprint density at radius 3 is 2.07 bits per heavy atom. The number of hydrogen-bond acceptors (Lipinski definition) is 6. The molecule has 1 aliphatic heterocycles. The largest absolute Gasteiger partial charge is 0.296 e. The lowest BCUT2D eigenvalue weighted by atomic mass is 9.35. The molecular weight excluding hydrogens is 620 g/mol. The van der Waals surface area contributed by atoms with Crippen LogP contribution in [0.4, 0.5) is 0 Å². The van der Waals surface area contributed by atoms with Crippen LogP contribution in [0.5, 0.6) is 0 Å². The van der Waals surface area contributed by atoms with Crippen molar-refractivity contribution >= 4 is 102 Å². The van der Waals surface area contributed by atoms with E-state index in [1.165, 1.54) is 0 Å². The first-order chi connectivity index (χ1) is 20.7. The van der Waals surface area contributed by atoms with Gasteiger partial charge in [0, 0.05) is 43.8 Å². The van der Waals surface area contributed by atoms with E-state index in [4.69, 9.17) is 33.4 Å². The van der Waals surface area contributed by atoms with Crippen molar-refractivity contribution in [2.45, 2.75) is 39.5 Å². The molecule has 0 atom stereocenters. The van der Waals surface area contributed by atoms with Crippen molar-refractivity contribution in [3.05, 3.63) is 69.5 Å². The molecule has 1 saturated heterocycles. The number of sulfone groups is 1. The second-order valence-electron chi connectivity index (χ2n) is 13.3. The number of carbonyl (C=O) groups excluding carboxylic acids is 1. The van der Waals surface area contributed by atoms with E-state index in [0.717, 1.165) is 11.3 Å². The van der Waals surface area contributed by atoms with Crippen LogP contribution in [0.15, 0.2) is 42.5 Å². The minimum atomic E-state index is -3.65. The second kappa shape index (κ2) is 12.1. The van der Waals surface area contributed by atoms with Crippen LogP contribution in [0.2, 0.25) is 10.0 Å². The molecule has 222 valence electrons. The van der Waals surface area contributed by atoms with E-state index in [2.05, 4.69) is 23.3 Å². The zero-order valence-corrected chi connectivity index (χ0v) is 29.5. The molecule has 1 aromatic heterocycles. The van der Waals surface area contributed by atoms with Crippen molar-refractivity contribution in [1.82, 2.24) is 20.0 Å². The fraction of sp³-hybridized carbons (Fsp3) is 0.269. The number of unbranched alkanes of at least 4 members (excludes halogenated alkanes) is 1. The number of nitrogens with zero attached hydrogens (tertiary/aromatic N) is 4. The Morgan fingerprint density at radius 1 is 0.956 bits per heavy atom. The highest BCUT2D eigenvalue weighted by atomic mass is 35.5. The maximum Gasteiger partial charge on any atom is 0.286 e. The maximum atomic E-state index is 14.2. The Morgan fingerprint density at radius 2 is 1.53 bits per heavy atom. The summed E-state index contributed by atoms with van der Waals surface area (Å²) in [4.78, 5) is 19.0. The molecule has 1 amide bonds. The number of benzene rings is 2. The number of nitriles is 1. The Hall–Kier alpha value is -2.82. The number of halogens is 2. The quantitative estimate of drug-likeness (QED) is 0.171. The third-order valence-corrected chi connectivity index (χ3v) is 14.1. The molecule has 4 rings (SSSR count). The third-order valence-electron chi connectivity index (χ3n) is 9.84. The van der Waals surface area contributed by atoms with E-state index in [1.807, 2.05) is 60.2 Å². The van der Waals surface area contributed by atoms with Crippen LogP contribution in [-0.4, -0.2) is 111 Å². The number of nitrogens with one attached hydrogen (secondary N) is 1. The lowest BCUT2D eigenvalue weighted by molar-refractivity contribution is 0.0584. The van der Waals surface area contributed by atoms with Gasteiger partial charge in [-0.1, -0.05) is 35.0 Å². The number of carbonyl (C=O) groups is 1. The normalized spacial score (nSPS) is 19.0. The summed E-state index contributed by atoms with van der Waals surface area (Å²) in [5.41, 5.74) is 5.88. The van der Waals surface area contributed by atoms with E-state index in [-0.39, 0.29) is 5.69 Å². The summed E-state index contributed by atoms with van der Waals surface area (Å²) >= 11 is 12.8. The molecule has 0 aliphatic carbocycles. The summed E-state index contributed by atoms with van der Waals surface area (Å²) in [5.74, 6) is 6.01. The number of rotatable bonds is 5. The van der Waals surface area contributed by atoms with E-state index >= 15 is 0 Å². The summed E-state index contributed by atoms with van der Waals surface area (Å²) in [6.45, 7) is 1.80. The second-order valence-corrected chi connectivity index (χ2v) is 17.1. The fourth-order valence-electron chi connectivity index (χ4n) is 5.83. The van der Waals surface area contributed by atoms with Gasteiger partial charge in [-0.05, 0) is 60.1 Å². The molecular formula is C26H31B8Cl2N5O3S. The molecule has 3 aromatic rings. The van der Waals surface area contributed by atoms with E-state index in [9.17, 15) is 13.2 Å². The molecule has 0 spiro atoms. The standard InChI is InChI=1S/C26H31B8Cl2N5O3S/c1-14-20(22(42)39-41-23(27,28)25(31,32)45(43,44)26(33,34)24(41,29)30)38-21(18-11-8-16(35)13-19(18)36)40(14)17-9-6-15(7-10-17)5-3-2-4-12-37/h6-11,13H,2,4,27-34H2,1H3,(H,39,42). The average Bonchev–Trinajstić information content (AvgIpc) is 3.29. The van der Waals surface area contributed by atoms with E-state index < -0.39 is 35.5 Å². The maximum absolute atomic E-state index is 14.2. The Labute approximate surface area is 282 Å². The molecule has 8 nitrogen and oxygen atoms in total. The number of amides is 1. The Kier molecular flexibility index (Phi) is 9.41. The highest BCUT2D eigenvalue weighted by Gasteiger charge is 2.67. The van der Waals surface area contributed by atoms with Gasteiger partial charge >= 0.3 is 0 Å². The van der Waals surface area contributed by atoms with Crippen LogP contribution >= 0.6 is 23.2 Å². The molecule has 2 heterocycles. The molecule has 1 aliphatic rings. The highest BCUT2D eigenvalue weighted by molar-refractivity contribution is 7.99. The monoisotopic (exact) mass is 651 g/mol. The summed E-state index contributed by atoms with van der Waals surface area (Å²) in [5, 5.41) is 9.37. The summed E-state index contributed by atoms with van der Waals surface area (Å²) in [6.07, 6.45) is 0.855. The van der Waals surface area contributed by atoms with Crippen LogP contribution < -0.4 is 5.43 Å². The van der Waals surface area contributed by atoms with Gasteiger partial charge in [-0.15, -0.1) is 0 Å². The predicted molar refractivity (Wildman–Crippen MR) is 203 cm³/mol. The number of aromatic nitrogens is 2. The van der Waals surface area contributed by atoms with Crippen LogP contribution in [0, 0.1) is 30.1 Å². The number of hydrogen-bond donors (Lipinski definition) is 1. The minimum Gasteiger partial charge on any atom is -0.296 e. The van der Waals surface area contributed by atoms with Crippen LogP contribution in [-0.2, 0) is 9.84 Å². The summed E-state index contributed by atoms with van der Waals surface area (Å²) < 4.78 is 27.2. The van der Waals surface area contributed by atoms with Gasteiger partial charge in [0.2, 0.25) is 0 Å². The average molecular weight is 651 g/mol. The zero-order chi connectivity index (χ0) is 33.8. The predicted octanol–water partition coefficient (Wildman–Crippen LogP) is -4.13. The van der Waals surface area contributed by atoms with Gasteiger partial charge in [0.25, 0.3) is 5.91 Å². The molecule has 0 saturated carbocycles. The van der Waals surface area contributed by atoms with Gasteiger partial charge in [0.15, 0.2) is 5.69 Å². The van der Waals surface area contributed by atoms with Gasteiger partial charge < -0.3 is 0 Å². The van der Waals surface area contributed by atoms with Crippen LogP contribution in [0.1, 0.15) is 34.6 Å². The molecule has 0 radical (unpaired) electrons. The van der Waals surface area contributed by atoms with E-state index in [0.29, 0.717) is 40.0 Å². The van der Waals surface area contributed by atoms with E-state index in [1.54, 1.807) is 61.5 Å². The van der Waals surface area contributed by atoms with Gasteiger partial charge in [0.1, 0.15) is 78.4 Å². The third kappa shape index (κ3) is 5.61. The molecule has 45 heavy (non-hydrogen) atoms. The zero-order valence-electron chi connectivity index (χ0n) is 27.1. The number of hydrazine groups is 1. The van der Waals surface area contributed by atoms with Crippen LogP contribution in [0.3, 0.4) is 0 Å². The number of imidazole rings is 1. The highest BCUT2D eigenvalue weighted by Crippen LogP contribution is 2.44. The molecule has 0 unspecified atom stereocenters. The van der Waals surface area contributed by atoms with Crippen molar-refractivity contribution in [3.63, 3.8) is 0 Å². The van der Waals surface area contributed by atoms with Gasteiger partial charge in [-0.25, -0.2) is 18.4 Å². The minimum absolute atomic E-state index is 0.159. The Bertz CT molecular complexity index is 1870. The first kappa shape index (κ1) is 35.0. The lowest BCUT2D eigenvalue weighted by Crippen LogP contribution is -2.90. The molecule has 2 aromatic carbocycles. The molecule has 1 fully saturated rings. The summed E-state index contributed by atoms with van der Waals surface area (Å²) in [7, 11) is 10.5.